The highest BCUT2D eigenvalue weighted by Gasteiger charge is 2.20. The Bertz CT molecular complexity index is 422. The van der Waals surface area contributed by atoms with Crippen LogP contribution in [0.1, 0.15) is 23.6 Å². The van der Waals surface area contributed by atoms with Crippen LogP contribution in [0.25, 0.3) is 0 Å². The van der Waals surface area contributed by atoms with Crippen molar-refractivity contribution in [1.82, 2.24) is 9.80 Å². The molecule has 5 heteroatoms. The lowest BCUT2D eigenvalue weighted by atomic mass is 10.1. The molecule has 0 atom stereocenters. The lowest BCUT2D eigenvalue weighted by molar-refractivity contribution is 0.0141. The predicted molar refractivity (Wildman–Crippen MR) is 87.9 cm³/mol. The molecule has 0 spiro atoms. The van der Waals surface area contributed by atoms with Gasteiger partial charge in [0, 0.05) is 49.0 Å². The van der Waals surface area contributed by atoms with Gasteiger partial charge in [-0.3, -0.25) is 9.80 Å². The Kier molecular flexibility index (Phi) is 6.20. The van der Waals surface area contributed by atoms with Gasteiger partial charge in [-0.15, -0.1) is 11.3 Å². The van der Waals surface area contributed by atoms with E-state index in [1.165, 1.54) is 9.75 Å². The maximum atomic E-state index is 10.1. The molecule has 2 heterocycles. The first-order valence-electron chi connectivity index (χ1n) is 7.72. The molecule has 0 saturated carbocycles. The Morgan fingerprint density at radius 3 is 2.62 bits per heavy atom. The number of hydrogen-bond donors (Lipinski definition) is 1. The summed E-state index contributed by atoms with van der Waals surface area (Å²) < 4.78 is 5.39. The second-order valence-corrected chi connectivity index (χ2v) is 7.86. The molecule has 1 N–H and O–H groups in total. The Morgan fingerprint density at radius 1 is 1.33 bits per heavy atom. The van der Waals surface area contributed by atoms with E-state index in [1.54, 1.807) is 0 Å². The lowest BCUT2D eigenvalue weighted by Crippen LogP contribution is -2.44. The number of ether oxygens (including phenoxy) is 1. The van der Waals surface area contributed by atoms with E-state index in [2.05, 4.69) is 28.9 Å². The van der Waals surface area contributed by atoms with E-state index in [4.69, 9.17) is 4.74 Å². The quantitative estimate of drug-likeness (QED) is 0.835. The molecule has 120 valence electrons. The van der Waals surface area contributed by atoms with E-state index < -0.39 is 5.60 Å². The fourth-order valence-corrected chi connectivity index (χ4v) is 3.59. The van der Waals surface area contributed by atoms with Crippen LogP contribution in [0.3, 0.4) is 0 Å². The minimum atomic E-state index is -0.655. The standard InChI is InChI=1S/C16H28N2O2S/c1-14-4-5-15(21-14)12-18(13-16(2,3)19)7-6-17-8-10-20-11-9-17/h4-5,19H,6-13H2,1-3H3. The summed E-state index contributed by atoms with van der Waals surface area (Å²) >= 11 is 1.85. The second-order valence-electron chi connectivity index (χ2n) is 6.49. The summed E-state index contributed by atoms with van der Waals surface area (Å²) in [6.45, 7) is 13.3. The van der Waals surface area contributed by atoms with Gasteiger partial charge in [0.05, 0.1) is 18.8 Å². The van der Waals surface area contributed by atoms with Crippen LogP contribution in [0, 0.1) is 6.92 Å². The summed E-state index contributed by atoms with van der Waals surface area (Å²) in [5, 5.41) is 10.1. The van der Waals surface area contributed by atoms with Crippen molar-refractivity contribution in [3.05, 3.63) is 21.9 Å². The first kappa shape index (κ1) is 16.9. The van der Waals surface area contributed by atoms with Gasteiger partial charge in [0.2, 0.25) is 0 Å². The van der Waals surface area contributed by atoms with Crippen LogP contribution in [0.4, 0.5) is 0 Å². The van der Waals surface area contributed by atoms with E-state index in [0.29, 0.717) is 6.54 Å². The molecule has 4 nitrogen and oxygen atoms in total. The van der Waals surface area contributed by atoms with E-state index in [0.717, 1.165) is 45.9 Å². The van der Waals surface area contributed by atoms with E-state index in [1.807, 2.05) is 25.2 Å². The first-order chi connectivity index (χ1) is 9.92. The molecular weight excluding hydrogens is 284 g/mol. The smallest absolute Gasteiger partial charge is 0.0718 e. The molecule has 0 aromatic carbocycles. The molecule has 1 fully saturated rings. The molecular formula is C16H28N2O2S. The van der Waals surface area contributed by atoms with Crippen LogP contribution in [0.15, 0.2) is 12.1 Å². The average molecular weight is 312 g/mol. The molecule has 0 unspecified atom stereocenters. The molecule has 0 amide bonds. The molecule has 1 aliphatic rings. The van der Waals surface area contributed by atoms with E-state index in [-0.39, 0.29) is 0 Å². The topological polar surface area (TPSA) is 35.9 Å². The van der Waals surface area contributed by atoms with Crippen LogP contribution < -0.4 is 0 Å². The van der Waals surface area contributed by atoms with Crippen molar-refractivity contribution in [2.75, 3.05) is 45.9 Å². The molecule has 0 radical (unpaired) electrons. The Hall–Kier alpha value is -0.460. The molecule has 1 aliphatic heterocycles. The van der Waals surface area contributed by atoms with Crippen molar-refractivity contribution in [2.24, 2.45) is 0 Å². The highest BCUT2D eigenvalue weighted by molar-refractivity contribution is 7.11. The molecule has 21 heavy (non-hydrogen) atoms. The summed E-state index contributed by atoms with van der Waals surface area (Å²) in [5.74, 6) is 0. The zero-order chi connectivity index (χ0) is 15.3. The lowest BCUT2D eigenvalue weighted by Gasteiger charge is -2.32. The Labute approximate surface area is 132 Å². The van der Waals surface area contributed by atoms with Gasteiger partial charge in [-0.05, 0) is 32.9 Å². The average Bonchev–Trinajstić information content (AvgIpc) is 2.81. The van der Waals surface area contributed by atoms with Gasteiger partial charge in [-0.25, -0.2) is 0 Å². The Morgan fingerprint density at radius 2 is 2.05 bits per heavy atom. The van der Waals surface area contributed by atoms with Gasteiger partial charge >= 0.3 is 0 Å². The van der Waals surface area contributed by atoms with E-state index >= 15 is 0 Å². The van der Waals surface area contributed by atoms with Gasteiger partial charge in [0.15, 0.2) is 0 Å². The molecule has 0 bridgehead atoms. The Balaban J connectivity index is 1.88. The summed E-state index contributed by atoms with van der Waals surface area (Å²) in [5.41, 5.74) is -0.655. The highest BCUT2D eigenvalue weighted by Crippen LogP contribution is 2.18. The number of aliphatic hydroxyl groups is 1. The monoisotopic (exact) mass is 312 g/mol. The number of aryl methyl sites for hydroxylation is 1. The van der Waals surface area contributed by atoms with Crippen molar-refractivity contribution < 1.29 is 9.84 Å². The normalized spacial score (nSPS) is 17.6. The maximum absolute atomic E-state index is 10.1. The third-order valence-corrected chi connectivity index (χ3v) is 4.61. The van der Waals surface area contributed by atoms with Crippen molar-refractivity contribution in [2.45, 2.75) is 32.9 Å². The van der Waals surface area contributed by atoms with Gasteiger partial charge < -0.3 is 9.84 Å². The molecule has 0 aliphatic carbocycles. The molecule has 1 aromatic heterocycles. The van der Waals surface area contributed by atoms with Gasteiger partial charge in [-0.2, -0.15) is 0 Å². The summed E-state index contributed by atoms with van der Waals surface area (Å²) in [6.07, 6.45) is 0. The van der Waals surface area contributed by atoms with Crippen LogP contribution in [0.5, 0.6) is 0 Å². The first-order valence-corrected chi connectivity index (χ1v) is 8.54. The van der Waals surface area contributed by atoms with Crippen LogP contribution in [0.2, 0.25) is 0 Å². The number of rotatable bonds is 7. The number of morpholine rings is 1. The van der Waals surface area contributed by atoms with Crippen LogP contribution in [-0.2, 0) is 11.3 Å². The van der Waals surface area contributed by atoms with Gasteiger partial charge in [-0.1, -0.05) is 0 Å². The minimum Gasteiger partial charge on any atom is -0.389 e. The SMILES string of the molecule is Cc1ccc(CN(CCN2CCOCC2)CC(C)(C)O)s1. The highest BCUT2D eigenvalue weighted by atomic mass is 32.1. The van der Waals surface area contributed by atoms with Crippen molar-refractivity contribution in [3.63, 3.8) is 0 Å². The molecule has 2 rings (SSSR count). The van der Waals surface area contributed by atoms with Crippen LogP contribution in [-0.4, -0.2) is 66.4 Å². The third kappa shape index (κ3) is 6.45. The van der Waals surface area contributed by atoms with Crippen LogP contribution >= 0.6 is 11.3 Å². The third-order valence-electron chi connectivity index (χ3n) is 3.62. The summed E-state index contributed by atoms with van der Waals surface area (Å²) in [4.78, 5) is 7.53. The zero-order valence-corrected chi connectivity index (χ0v) is 14.3. The fraction of sp³-hybridized carbons (Fsp3) is 0.750. The van der Waals surface area contributed by atoms with Crippen molar-refractivity contribution in [1.29, 1.82) is 0 Å². The molecule has 1 aromatic rings. The van der Waals surface area contributed by atoms with Gasteiger partial charge in [0.25, 0.3) is 0 Å². The fourth-order valence-electron chi connectivity index (χ4n) is 2.66. The predicted octanol–water partition coefficient (Wildman–Crippen LogP) is 1.96. The minimum absolute atomic E-state index is 0.655. The number of hydrogen-bond acceptors (Lipinski definition) is 5. The second kappa shape index (κ2) is 7.70. The van der Waals surface area contributed by atoms with Crippen molar-refractivity contribution in [3.8, 4) is 0 Å². The molecule has 1 saturated heterocycles. The zero-order valence-electron chi connectivity index (χ0n) is 13.5. The van der Waals surface area contributed by atoms with Crippen molar-refractivity contribution >= 4 is 11.3 Å². The van der Waals surface area contributed by atoms with E-state index in [9.17, 15) is 5.11 Å². The van der Waals surface area contributed by atoms with Gasteiger partial charge in [0.1, 0.15) is 0 Å². The number of thiophene rings is 1. The number of nitrogens with zero attached hydrogens (tertiary/aromatic N) is 2. The summed E-state index contributed by atoms with van der Waals surface area (Å²) in [7, 11) is 0. The summed E-state index contributed by atoms with van der Waals surface area (Å²) in [6, 6.07) is 4.37. The largest absolute Gasteiger partial charge is 0.389 e. The maximum Gasteiger partial charge on any atom is 0.0718 e.